The van der Waals surface area contributed by atoms with Gasteiger partial charge in [0.05, 0.1) is 16.5 Å². The van der Waals surface area contributed by atoms with Crippen LogP contribution in [0.4, 0.5) is 0 Å². The van der Waals surface area contributed by atoms with Gasteiger partial charge in [-0.05, 0) is 57.0 Å². The fraction of sp³-hybridized carbons (Fsp3) is 0.500. The van der Waals surface area contributed by atoms with Crippen molar-refractivity contribution >= 4 is 10.0 Å². The van der Waals surface area contributed by atoms with E-state index in [2.05, 4.69) is 10.0 Å². The number of rotatable bonds is 3. The van der Waals surface area contributed by atoms with E-state index in [1.165, 1.54) is 12.1 Å². The smallest absolute Gasteiger partial charge is 0.241 e. The van der Waals surface area contributed by atoms with Crippen LogP contribution < -0.4 is 10.0 Å². The van der Waals surface area contributed by atoms with Gasteiger partial charge in [-0.25, -0.2) is 13.1 Å². The summed E-state index contributed by atoms with van der Waals surface area (Å²) in [6.45, 7) is 4.62. The summed E-state index contributed by atoms with van der Waals surface area (Å²) in [6, 6.07) is 6.66. The Morgan fingerprint density at radius 1 is 1.45 bits per heavy atom. The maximum atomic E-state index is 12.4. The number of piperidine rings is 1. The van der Waals surface area contributed by atoms with Crippen LogP contribution in [0.5, 0.6) is 0 Å². The quantitative estimate of drug-likeness (QED) is 0.879. The molecule has 0 radical (unpaired) electrons. The molecule has 1 heterocycles. The van der Waals surface area contributed by atoms with E-state index in [1.54, 1.807) is 13.0 Å². The maximum Gasteiger partial charge on any atom is 0.241 e. The molecule has 0 spiro atoms. The SMILES string of the molecule is Cc1cc(C#N)ccc1S(=O)(=O)NC1CCCNC1C. The number of sulfonamides is 1. The van der Waals surface area contributed by atoms with Crippen molar-refractivity contribution in [3.05, 3.63) is 29.3 Å². The molecular weight excluding hydrogens is 274 g/mol. The molecule has 0 amide bonds. The number of nitriles is 1. The molecule has 1 aliphatic heterocycles. The first-order valence-electron chi connectivity index (χ1n) is 6.70. The monoisotopic (exact) mass is 293 g/mol. The van der Waals surface area contributed by atoms with Gasteiger partial charge in [-0.15, -0.1) is 0 Å². The van der Waals surface area contributed by atoms with Gasteiger partial charge in [0, 0.05) is 12.1 Å². The van der Waals surface area contributed by atoms with Crippen LogP contribution in [0.2, 0.25) is 0 Å². The normalized spacial score (nSPS) is 23.2. The third-order valence-electron chi connectivity index (χ3n) is 3.66. The summed E-state index contributed by atoms with van der Waals surface area (Å²) >= 11 is 0. The summed E-state index contributed by atoms with van der Waals surface area (Å²) in [5, 5.41) is 12.1. The van der Waals surface area contributed by atoms with Gasteiger partial charge in [-0.2, -0.15) is 5.26 Å². The Hall–Kier alpha value is -1.42. The summed E-state index contributed by atoms with van der Waals surface area (Å²) in [4.78, 5) is 0.245. The van der Waals surface area contributed by atoms with E-state index in [0.717, 1.165) is 19.4 Å². The molecule has 2 rings (SSSR count). The van der Waals surface area contributed by atoms with Crippen molar-refractivity contribution in [2.24, 2.45) is 0 Å². The average Bonchev–Trinajstić information content (AvgIpc) is 2.40. The number of hydrogen-bond acceptors (Lipinski definition) is 4. The largest absolute Gasteiger partial charge is 0.313 e. The molecule has 0 aromatic heterocycles. The first kappa shape index (κ1) is 15.0. The van der Waals surface area contributed by atoms with Crippen molar-refractivity contribution < 1.29 is 8.42 Å². The molecule has 1 saturated heterocycles. The molecule has 0 aliphatic carbocycles. The lowest BCUT2D eigenvalue weighted by atomic mass is 10.0. The van der Waals surface area contributed by atoms with Gasteiger partial charge < -0.3 is 5.32 Å². The first-order valence-corrected chi connectivity index (χ1v) is 8.19. The van der Waals surface area contributed by atoms with E-state index in [-0.39, 0.29) is 17.0 Å². The number of aryl methyl sites for hydroxylation is 1. The zero-order valence-electron chi connectivity index (χ0n) is 11.7. The van der Waals surface area contributed by atoms with Gasteiger partial charge in [0.1, 0.15) is 0 Å². The van der Waals surface area contributed by atoms with Crippen molar-refractivity contribution in [3.63, 3.8) is 0 Å². The van der Waals surface area contributed by atoms with E-state index < -0.39 is 10.0 Å². The zero-order valence-corrected chi connectivity index (χ0v) is 12.5. The topological polar surface area (TPSA) is 82.0 Å². The predicted molar refractivity (Wildman–Crippen MR) is 76.7 cm³/mol. The molecule has 1 aliphatic rings. The van der Waals surface area contributed by atoms with Crippen LogP contribution in [0.15, 0.2) is 23.1 Å². The molecule has 6 heteroatoms. The lowest BCUT2D eigenvalue weighted by Crippen LogP contribution is -2.51. The summed E-state index contributed by atoms with van der Waals surface area (Å²) in [6.07, 6.45) is 1.80. The first-order chi connectivity index (χ1) is 9.44. The van der Waals surface area contributed by atoms with Crippen molar-refractivity contribution in [2.45, 2.75) is 43.7 Å². The second-order valence-corrected chi connectivity index (χ2v) is 6.89. The molecule has 1 aromatic rings. The average molecular weight is 293 g/mol. The van der Waals surface area contributed by atoms with E-state index >= 15 is 0 Å². The van der Waals surface area contributed by atoms with E-state index in [0.29, 0.717) is 11.1 Å². The van der Waals surface area contributed by atoms with Gasteiger partial charge >= 0.3 is 0 Å². The Morgan fingerprint density at radius 3 is 2.80 bits per heavy atom. The maximum absolute atomic E-state index is 12.4. The van der Waals surface area contributed by atoms with Gasteiger partial charge in [0.2, 0.25) is 10.0 Å². The highest BCUT2D eigenvalue weighted by atomic mass is 32.2. The summed E-state index contributed by atoms with van der Waals surface area (Å²) in [5.41, 5.74) is 1.06. The minimum absolute atomic E-state index is 0.0937. The number of hydrogen-bond donors (Lipinski definition) is 2. The summed E-state index contributed by atoms with van der Waals surface area (Å²) < 4.78 is 27.7. The van der Waals surface area contributed by atoms with Crippen LogP contribution in [0.3, 0.4) is 0 Å². The highest BCUT2D eigenvalue weighted by molar-refractivity contribution is 7.89. The fourth-order valence-corrected chi connectivity index (χ4v) is 4.07. The summed E-state index contributed by atoms with van der Waals surface area (Å²) in [5.74, 6) is 0. The van der Waals surface area contributed by atoms with Crippen LogP contribution >= 0.6 is 0 Å². The molecule has 2 unspecified atom stereocenters. The fourth-order valence-electron chi connectivity index (χ4n) is 2.49. The third kappa shape index (κ3) is 3.18. The van der Waals surface area contributed by atoms with E-state index in [4.69, 9.17) is 5.26 Å². The Morgan fingerprint density at radius 2 is 2.20 bits per heavy atom. The Labute approximate surface area is 120 Å². The summed E-state index contributed by atoms with van der Waals surface area (Å²) in [7, 11) is -3.55. The molecule has 5 nitrogen and oxygen atoms in total. The Kier molecular flexibility index (Phi) is 4.43. The Bertz CT molecular complexity index is 634. The van der Waals surface area contributed by atoms with Gasteiger partial charge in [0.15, 0.2) is 0 Å². The molecular formula is C14H19N3O2S. The minimum atomic E-state index is -3.55. The van der Waals surface area contributed by atoms with Gasteiger partial charge in [0.25, 0.3) is 0 Å². The molecule has 1 fully saturated rings. The second kappa shape index (κ2) is 5.92. The van der Waals surface area contributed by atoms with Crippen molar-refractivity contribution in [1.82, 2.24) is 10.0 Å². The van der Waals surface area contributed by atoms with Gasteiger partial charge in [-0.1, -0.05) is 0 Å². The van der Waals surface area contributed by atoms with Crippen LogP contribution in [-0.2, 0) is 10.0 Å². The number of benzene rings is 1. The second-order valence-electron chi connectivity index (χ2n) is 5.20. The van der Waals surface area contributed by atoms with Crippen LogP contribution in [-0.4, -0.2) is 27.0 Å². The molecule has 20 heavy (non-hydrogen) atoms. The molecule has 0 bridgehead atoms. The van der Waals surface area contributed by atoms with Crippen LogP contribution in [0, 0.1) is 18.3 Å². The lowest BCUT2D eigenvalue weighted by Gasteiger charge is -2.30. The minimum Gasteiger partial charge on any atom is -0.313 e. The molecule has 108 valence electrons. The highest BCUT2D eigenvalue weighted by Gasteiger charge is 2.27. The van der Waals surface area contributed by atoms with Crippen LogP contribution in [0.1, 0.15) is 30.9 Å². The molecule has 2 atom stereocenters. The van der Waals surface area contributed by atoms with Crippen molar-refractivity contribution in [1.29, 1.82) is 5.26 Å². The van der Waals surface area contributed by atoms with E-state index in [1.807, 2.05) is 13.0 Å². The number of nitrogens with zero attached hydrogens (tertiary/aromatic N) is 1. The predicted octanol–water partition coefficient (Wildman–Crippen LogP) is 1.29. The standard InChI is InChI=1S/C14H19N3O2S/c1-10-8-12(9-15)5-6-14(10)20(18,19)17-13-4-3-7-16-11(13)2/h5-6,8,11,13,16-17H,3-4,7H2,1-2H3. The van der Waals surface area contributed by atoms with Crippen LogP contribution in [0.25, 0.3) is 0 Å². The van der Waals surface area contributed by atoms with E-state index in [9.17, 15) is 8.42 Å². The van der Waals surface area contributed by atoms with Crippen molar-refractivity contribution in [2.75, 3.05) is 6.54 Å². The van der Waals surface area contributed by atoms with Crippen molar-refractivity contribution in [3.8, 4) is 6.07 Å². The third-order valence-corrected chi connectivity index (χ3v) is 5.31. The highest BCUT2D eigenvalue weighted by Crippen LogP contribution is 2.18. The Balaban J connectivity index is 2.24. The number of nitrogens with one attached hydrogen (secondary N) is 2. The molecule has 1 aromatic carbocycles. The van der Waals surface area contributed by atoms with Gasteiger partial charge in [-0.3, -0.25) is 0 Å². The molecule has 2 N–H and O–H groups in total. The molecule has 0 saturated carbocycles. The zero-order chi connectivity index (χ0) is 14.8. The lowest BCUT2D eigenvalue weighted by molar-refractivity contribution is 0.349.